The second-order valence-corrected chi connectivity index (χ2v) is 6.53. The van der Waals surface area contributed by atoms with Crippen molar-refractivity contribution >= 4 is 34.3 Å². The SMILES string of the molecule is CCOc1ccccc1NC(=O)CCSc1ccc2ccccc2n1. The lowest BCUT2D eigenvalue weighted by atomic mass is 10.2. The van der Waals surface area contributed by atoms with E-state index in [1.165, 1.54) is 0 Å². The molecule has 0 aliphatic heterocycles. The number of ether oxygens (including phenoxy) is 1. The average molecular weight is 352 g/mol. The molecule has 5 heteroatoms. The van der Waals surface area contributed by atoms with Gasteiger partial charge in [-0.15, -0.1) is 11.8 Å². The number of carbonyl (C=O) groups excluding carboxylic acids is 1. The first kappa shape index (κ1) is 17.3. The highest BCUT2D eigenvalue weighted by molar-refractivity contribution is 7.99. The maximum atomic E-state index is 12.2. The summed E-state index contributed by atoms with van der Waals surface area (Å²) in [5.74, 6) is 1.34. The van der Waals surface area contributed by atoms with Crippen LogP contribution in [0, 0.1) is 0 Å². The molecule has 3 rings (SSSR count). The van der Waals surface area contributed by atoms with Gasteiger partial charge in [0.25, 0.3) is 0 Å². The Morgan fingerprint density at radius 2 is 1.88 bits per heavy atom. The number of nitrogens with zero attached hydrogens (tertiary/aromatic N) is 1. The highest BCUT2D eigenvalue weighted by Crippen LogP contribution is 2.24. The van der Waals surface area contributed by atoms with Crippen LogP contribution in [0.3, 0.4) is 0 Å². The number of hydrogen-bond donors (Lipinski definition) is 1. The molecule has 1 N–H and O–H groups in total. The zero-order chi connectivity index (χ0) is 17.5. The van der Waals surface area contributed by atoms with Gasteiger partial charge < -0.3 is 10.1 Å². The molecule has 0 unspecified atom stereocenters. The van der Waals surface area contributed by atoms with Gasteiger partial charge in [-0.25, -0.2) is 4.98 Å². The van der Waals surface area contributed by atoms with Crippen LogP contribution in [0.1, 0.15) is 13.3 Å². The molecular weight excluding hydrogens is 332 g/mol. The Bertz CT molecular complexity index is 867. The topological polar surface area (TPSA) is 51.2 Å². The predicted octanol–water partition coefficient (Wildman–Crippen LogP) is 4.75. The summed E-state index contributed by atoms with van der Waals surface area (Å²) < 4.78 is 5.52. The highest BCUT2D eigenvalue weighted by Gasteiger charge is 2.08. The Morgan fingerprint density at radius 1 is 1.08 bits per heavy atom. The van der Waals surface area contributed by atoms with Gasteiger partial charge in [0.1, 0.15) is 5.75 Å². The standard InChI is InChI=1S/C20H20N2O2S/c1-2-24-18-10-6-5-9-17(18)21-19(23)13-14-25-20-12-11-15-7-3-4-8-16(15)22-20/h3-12H,2,13-14H2,1H3,(H,21,23). The van der Waals surface area contributed by atoms with Gasteiger partial charge in [-0.05, 0) is 31.2 Å². The number of amides is 1. The Hall–Kier alpha value is -2.53. The van der Waals surface area contributed by atoms with Crippen LogP contribution in [-0.2, 0) is 4.79 Å². The monoisotopic (exact) mass is 352 g/mol. The van der Waals surface area contributed by atoms with Gasteiger partial charge in [0, 0.05) is 17.6 Å². The summed E-state index contributed by atoms with van der Waals surface area (Å²) in [6.45, 7) is 2.49. The van der Waals surface area contributed by atoms with Crippen molar-refractivity contribution in [3.8, 4) is 5.75 Å². The van der Waals surface area contributed by atoms with E-state index in [0.29, 0.717) is 30.2 Å². The number of para-hydroxylation sites is 3. The van der Waals surface area contributed by atoms with Crippen LogP contribution in [0.2, 0.25) is 0 Å². The van der Waals surface area contributed by atoms with E-state index < -0.39 is 0 Å². The first-order valence-electron chi connectivity index (χ1n) is 8.26. The number of benzene rings is 2. The van der Waals surface area contributed by atoms with Crippen LogP contribution in [0.25, 0.3) is 10.9 Å². The van der Waals surface area contributed by atoms with Crippen molar-refractivity contribution in [2.45, 2.75) is 18.4 Å². The van der Waals surface area contributed by atoms with Crippen LogP contribution in [-0.4, -0.2) is 23.3 Å². The van der Waals surface area contributed by atoms with E-state index in [1.54, 1.807) is 11.8 Å². The minimum absolute atomic E-state index is 0.0274. The minimum Gasteiger partial charge on any atom is -0.492 e. The molecule has 0 fully saturated rings. The van der Waals surface area contributed by atoms with E-state index in [-0.39, 0.29) is 5.91 Å². The van der Waals surface area contributed by atoms with E-state index in [2.05, 4.69) is 16.4 Å². The van der Waals surface area contributed by atoms with Crippen LogP contribution in [0.4, 0.5) is 5.69 Å². The predicted molar refractivity (Wildman–Crippen MR) is 103 cm³/mol. The summed E-state index contributed by atoms with van der Waals surface area (Å²) in [6.07, 6.45) is 0.416. The number of fused-ring (bicyclic) bond motifs is 1. The Morgan fingerprint density at radius 3 is 2.76 bits per heavy atom. The van der Waals surface area contributed by atoms with Crippen molar-refractivity contribution in [2.24, 2.45) is 0 Å². The Balaban J connectivity index is 1.53. The Labute approximate surface area is 151 Å². The molecule has 4 nitrogen and oxygen atoms in total. The summed E-state index contributed by atoms with van der Waals surface area (Å²) in [6, 6.07) is 19.5. The Kier molecular flexibility index (Phi) is 5.90. The van der Waals surface area contributed by atoms with Crippen molar-refractivity contribution < 1.29 is 9.53 Å². The molecule has 0 bridgehead atoms. The summed E-state index contributed by atoms with van der Waals surface area (Å²) in [7, 11) is 0. The molecule has 0 saturated carbocycles. The molecule has 1 heterocycles. The zero-order valence-corrected chi connectivity index (χ0v) is 14.9. The number of carbonyl (C=O) groups is 1. The van der Waals surface area contributed by atoms with Crippen molar-refractivity contribution in [1.29, 1.82) is 0 Å². The van der Waals surface area contributed by atoms with E-state index in [1.807, 2.05) is 61.5 Å². The van der Waals surface area contributed by atoms with Gasteiger partial charge in [0.2, 0.25) is 5.91 Å². The molecule has 0 radical (unpaired) electrons. The normalized spacial score (nSPS) is 10.6. The fraction of sp³-hybridized carbons (Fsp3) is 0.200. The van der Waals surface area contributed by atoms with E-state index >= 15 is 0 Å². The molecule has 0 aliphatic rings. The summed E-state index contributed by atoms with van der Waals surface area (Å²) in [5, 5.41) is 4.97. The van der Waals surface area contributed by atoms with E-state index in [9.17, 15) is 4.79 Å². The summed E-state index contributed by atoms with van der Waals surface area (Å²) in [5.41, 5.74) is 1.69. The number of nitrogens with one attached hydrogen (secondary N) is 1. The van der Waals surface area contributed by atoms with Crippen LogP contribution < -0.4 is 10.1 Å². The third kappa shape index (κ3) is 4.73. The van der Waals surface area contributed by atoms with E-state index in [0.717, 1.165) is 15.9 Å². The van der Waals surface area contributed by atoms with Gasteiger partial charge in [-0.3, -0.25) is 4.79 Å². The molecule has 1 amide bonds. The van der Waals surface area contributed by atoms with Crippen LogP contribution in [0.15, 0.2) is 65.7 Å². The molecule has 128 valence electrons. The van der Waals surface area contributed by atoms with Gasteiger partial charge in [-0.2, -0.15) is 0 Å². The quantitative estimate of drug-likeness (QED) is 0.623. The fourth-order valence-electron chi connectivity index (χ4n) is 2.44. The third-order valence-electron chi connectivity index (χ3n) is 3.61. The van der Waals surface area contributed by atoms with Crippen molar-refractivity contribution in [3.63, 3.8) is 0 Å². The van der Waals surface area contributed by atoms with Crippen LogP contribution in [0.5, 0.6) is 5.75 Å². The van der Waals surface area contributed by atoms with E-state index in [4.69, 9.17) is 4.74 Å². The molecule has 0 aliphatic carbocycles. The second kappa shape index (κ2) is 8.53. The number of hydrogen-bond acceptors (Lipinski definition) is 4. The van der Waals surface area contributed by atoms with Crippen molar-refractivity contribution in [1.82, 2.24) is 4.98 Å². The molecular formula is C20H20N2O2S. The number of anilines is 1. The summed E-state index contributed by atoms with van der Waals surface area (Å²) >= 11 is 1.59. The first-order chi connectivity index (χ1) is 12.3. The number of thioether (sulfide) groups is 1. The van der Waals surface area contributed by atoms with Gasteiger partial charge in [0.05, 0.1) is 22.8 Å². The third-order valence-corrected chi connectivity index (χ3v) is 4.54. The van der Waals surface area contributed by atoms with Gasteiger partial charge >= 0.3 is 0 Å². The molecule has 3 aromatic rings. The highest BCUT2D eigenvalue weighted by atomic mass is 32.2. The maximum Gasteiger partial charge on any atom is 0.225 e. The zero-order valence-electron chi connectivity index (χ0n) is 14.1. The van der Waals surface area contributed by atoms with Gasteiger partial charge in [-0.1, -0.05) is 36.4 Å². The summed E-state index contributed by atoms with van der Waals surface area (Å²) in [4.78, 5) is 16.8. The largest absolute Gasteiger partial charge is 0.492 e. The first-order valence-corrected chi connectivity index (χ1v) is 9.25. The minimum atomic E-state index is -0.0274. The molecule has 25 heavy (non-hydrogen) atoms. The van der Waals surface area contributed by atoms with Crippen LogP contribution >= 0.6 is 11.8 Å². The maximum absolute atomic E-state index is 12.2. The lowest BCUT2D eigenvalue weighted by Crippen LogP contribution is -2.13. The molecule has 0 atom stereocenters. The molecule has 0 spiro atoms. The lowest BCUT2D eigenvalue weighted by molar-refractivity contribution is -0.115. The molecule has 2 aromatic carbocycles. The second-order valence-electron chi connectivity index (χ2n) is 5.42. The fourth-order valence-corrected chi connectivity index (χ4v) is 3.26. The smallest absolute Gasteiger partial charge is 0.225 e. The lowest BCUT2D eigenvalue weighted by Gasteiger charge is -2.11. The van der Waals surface area contributed by atoms with Crippen molar-refractivity contribution in [3.05, 3.63) is 60.7 Å². The molecule has 1 aromatic heterocycles. The molecule has 0 saturated heterocycles. The van der Waals surface area contributed by atoms with Crippen molar-refractivity contribution in [2.75, 3.05) is 17.7 Å². The van der Waals surface area contributed by atoms with Gasteiger partial charge in [0.15, 0.2) is 0 Å². The number of rotatable bonds is 7. The number of aromatic nitrogens is 1. The number of pyridine rings is 1. The average Bonchev–Trinajstić information content (AvgIpc) is 2.63.